The summed E-state index contributed by atoms with van der Waals surface area (Å²) in [4.78, 5) is 23.6. The Hall–Kier alpha value is -0.960. The normalized spacial score (nSPS) is 22.6. The van der Waals surface area contributed by atoms with Crippen molar-refractivity contribution in [2.24, 2.45) is 0 Å². The summed E-state index contributed by atoms with van der Waals surface area (Å²) in [6, 6.07) is -0.233. The first-order valence-electron chi connectivity index (χ1n) is 4.70. The van der Waals surface area contributed by atoms with Gasteiger partial charge in [0.2, 0.25) is 0 Å². The fourth-order valence-electron chi connectivity index (χ4n) is 1.66. The lowest BCUT2D eigenvalue weighted by Gasteiger charge is -2.28. The van der Waals surface area contributed by atoms with Gasteiger partial charge in [-0.15, -0.1) is 11.3 Å². The maximum atomic E-state index is 12.1. The number of nitrogens with zero attached hydrogens (tertiary/aromatic N) is 1. The highest BCUT2D eigenvalue weighted by Crippen LogP contribution is 2.37. The molecule has 1 atom stereocenters. The monoisotopic (exact) mass is 309 g/mol. The third-order valence-corrected chi connectivity index (χ3v) is 6.18. The van der Waals surface area contributed by atoms with Crippen molar-refractivity contribution in [2.75, 3.05) is 14.2 Å². The number of esters is 1. The Labute approximate surface area is 112 Å². The van der Waals surface area contributed by atoms with E-state index in [0.29, 0.717) is 4.31 Å². The fourth-order valence-corrected chi connectivity index (χ4v) is 4.96. The van der Waals surface area contributed by atoms with Crippen molar-refractivity contribution in [3.8, 4) is 0 Å². The Kier molecular flexibility index (Phi) is 3.22. The molecule has 2 heterocycles. The minimum absolute atomic E-state index is 0.0569. The van der Waals surface area contributed by atoms with E-state index in [9.17, 15) is 18.0 Å². The van der Waals surface area contributed by atoms with E-state index in [1.165, 1.54) is 6.07 Å². The first kappa shape index (κ1) is 13.5. The maximum absolute atomic E-state index is 12.1. The Bertz CT molecular complexity index is 635. The van der Waals surface area contributed by atoms with Gasteiger partial charge in [-0.25, -0.2) is 13.2 Å². The van der Waals surface area contributed by atoms with Crippen LogP contribution in [0.3, 0.4) is 0 Å². The molecule has 1 aliphatic heterocycles. The second-order valence-corrected chi connectivity index (χ2v) is 7.44. The molecule has 1 unspecified atom stereocenters. The van der Waals surface area contributed by atoms with Gasteiger partial charge in [-0.05, 0) is 6.07 Å². The number of sulfonamides is 1. The summed E-state index contributed by atoms with van der Waals surface area (Å²) in [7, 11) is -1.64. The predicted molar refractivity (Wildman–Crippen MR) is 64.4 cm³/mol. The number of ketones is 1. The number of fused-ring (bicyclic) bond motifs is 1. The zero-order chi connectivity index (χ0) is 13.7. The van der Waals surface area contributed by atoms with Crippen LogP contribution in [0.15, 0.2) is 10.3 Å². The molecule has 0 aromatic carbocycles. The molecule has 18 heavy (non-hydrogen) atoms. The number of methoxy groups -OCH3 is 1. The van der Waals surface area contributed by atoms with Crippen molar-refractivity contribution in [1.29, 1.82) is 0 Å². The van der Waals surface area contributed by atoms with E-state index in [1.54, 1.807) is 0 Å². The molecule has 0 radical (unpaired) electrons. The van der Waals surface area contributed by atoms with Gasteiger partial charge < -0.3 is 4.74 Å². The quantitative estimate of drug-likeness (QED) is 0.565. The average Bonchev–Trinajstić information content (AvgIpc) is 2.70. The summed E-state index contributed by atoms with van der Waals surface area (Å²) >= 11 is 6.51. The highest BCUT2D eigenvalue weighted by Gasteiger charge is 2.47. The maximum Gasteiger partial charge on any atom is 0.332 e. The molecule has 0 saturated heterocycles. The first-order valence-corrected chi connectivity index (χ1v) is 7.33. The van der Waals surface area contributed by atoms with Gasteiger partial charge in [0.05, 0.1) is 17.0 Å². The van der Waals surface area contributed by atoms with Crippen molar-refractivity contribution in [3.05, 3.63) is 16.0 Å². The lowest BCUT2D eigenvalue weighted by Crippen LogP contribution is -2.51. The Morgan fingerprint density at radius 1 is 1.56 bits per heavy atom. The molecule has 0 aliphatic carbocycles. The first-order chi connectivity index (χ1) is 8.30. The number of carbonyl (C=O) groups is 2. The summed E-state index contributed by atoms with van der Waals surface area (Å²) < 4.78 is 29.4. The molecular formula is C9H8ClNO5S2. The van der Waals surface area contributed by atoms with Gasteiger partial charge in [0.15, 0.2) is 11.8 Å². The van der Waals surface area contributed by atoms with Gasteiger partial charge in [0, 0.05) is 7.05 Å². The van der Waals surface area contributed by atoms with E-state index in [2.05, 4.69) is 4.74 Å². The predicted octanol–water partition coefficient (Wildman–Crippen LogP) is 0.760. The van der Waals surface area contributed by atoms with Crippen LogP contribution in [0, 0.1) is 0 Å². The molecular weight excluding hydrogens is 302 g/mol. The summed E-state index contributed by atoms with van der Waals surface area (Å²) in [6.45, 7) is 0. The van der Waals surface area contributed by atoms with Crippen molar-refractivity contribution in [3.63, 3.8) is 0 Å². The third kappa shape index (κ3) is 1.76. The molecule has 0 spiro atoms. The molecule has 0 bridgehead atoms. The van der Waals surface area contributed by atoms with Crippen LogP contribution in [-0.2, 0) is 19.6 Å². The second kappa shape index (κ2) is 4.30. The lowest BCUT2D eigenvalue weighted by molar-refractivity contribution is -0.143. The molecule has 2 rings (SSSR count). The summed E-state index contributed by atoms with van der Waals surface area (Å²) in [5, 5.41) is 0. The molecule has 6 nitrogen and oxygen atoms in total. The number of carbonyl (C=O) groups excluding carboxylic acids is 2. The molecule has 0 fully saturated rings. The minimum Gasteiger partial charge on any atom is -0.467 e. The van der Waals surface area contributed by atoms with Crippen LogP contribution >= 0.6 is 22.9 Å². The lowest BCUT2D eigenvalue weighted by atomic mass is 10.1. The van der Waals surface area contributed by atoms with Gasteiger partial charge in [0.25, 0.3) is 10.0 Å². The van der Waals surface area contributed by atoms with Crippen molar-refractivity contribution in [1.82, 2.24) is 4.31 Å². The topological polar surface area (TPSA) is 80.8 Å². The molecule has 0 N–H and O–H groups in total. The van der Waals surface area contributed by atoms with Gasteiger partial charge in [-0.3, -0.25) is 4.79 Å². The van der Waals surface area contributed by atoms with E-state index in [4.69, 9.17) is 11.6 Å². The zero-order valence-electron chi connectivity index (χ0n) is 9.34. The number of Topliss-reactive ketones (excluding diaryl/α,β-unsaturated/α-hetero) is 1. The van der Waals surface area contributed by atoms with Gasteiger partial charge in [-0.2, -0.15) is 4.31 Å². The number of hydrogen-bond donors (Lipinski definition) is 0. The minimum atomic E-state index is -3.89. The van der Waals surface area contributed by atoms with Crippen LogP contribution in [0.5, 0.6) is 0 Å². The van der Waals surface area contributed by atoms with Crippen molar-refractivity contribution >= 4 is 44.7 Å². The largest absolute Gasteiger partial charge is 0.467 e. The van der Waals surface area contributed by atoms with Crippen molar-refractivity contribution < 1.29 is 22.7 Å². The molecule has 0 saturated carbocycles. The number of rotatable bonds is 1. The number of thiophene rings is 1. The number of likely N-dealkylation sites (N-methyl/N-ethyl adjacent to an activating group) is 1. The van der Waals surface area contributed by atoms with Gasteiger partial charge in [0.1, 0.15) is 4.21 Å². The molecule has 98 valence electrons. The second-order valence-electron chi connectivity index (χ2n) is 3.56. The van der Waals surface area contributed by atoms with Gasteiger partial charge in [-0.1, -0.05) is 11.6 Å². The number of ether oxygens (including phenoxy) is 1. The van der Waals surface area contributed by atoms with Gasteiger partial charge >= 0.3 is 5.97 Å². The van der Waals surface area contributed by atoms with E-state index in [0.717, 1.165) is 25.5 Å². The highest BCUT2D eigenvalue weighted by atomic mass is 35.5. The fraction of sp³-hybridized carbons (Fsp3) is 0.333. The third-order valence-electron chi connectivity index (χ3n) is 2.58. The zero-order valence-corrected chi connectivity index (χ0v) is 11.7. The Morgan fingerprint density at radius 3 is 2.72 bits per heavy atom. The summed E-state index contributed by atoms with van der Waals surface area (Å²) in [5.74, 6) is -1.55. The molecule has 9 heteroatoms. The molecule has 0 amide bonds. The van der Waals surface area contributed by atoms with Crippen molar-refractivity contribution in [2.45, 2.75) is 10.3 Å². The van der Waals surface area contributed by atoms with Crippen LogP contribution in [-0.4, -0.2) is 44.7 Å². The molecule has 1 aromatic heterocycles. The Morgan fingerprint density at radius 2 is 2.17 bits per heavy atom. The Balaban J connectivity index is 2.68. The summed E-state index contributed by atoms with van der Waals surface area (Å²) in [5.41, 5.74) is -0.0569. The van der Waals surface area contributed by atoms with E-state index in [-0.39, 0.29) is 14.1 Å². The number of halogens is 1. The average molecular weight is 310 g/mol. The van der Waals surface area contributed by atoms with Crippen LogP contribution in [0.2, 0.25) is 4.34 Å². The van der Waals surface area contributed by atoms with E-state index in [1.807, 2.05) is 0 Å². The van der Waals surface area contributed by atoms with E-state index < -0.39 is 27.8 Å². The SMILES string of the molecule is COC(=O)C1C(=O)c2cc(Cl)sc2S(=O)(=O)N1C. The van der Waals surface area contributed by atoms with Crippen LogP contribution in [0.4, 0.5) is 0 Å². The smallest absolute Gasteiger partial charge is 0.332 e. The highest BCUT2D eigenvalue weighted by molar-refractivity contribution is 7.91. The summed E-state index contributed by atoms with van der Waals surface area (Å²) in [6.07, 6.45) is 0. The number of hydrogen-bond acceptors (Lipinski definition) is 6. The van der Waals surface area contributed by atoms with E-state index >= 15 is 0 Å². The van der Waals surface area contributed by atoms with Crippen LogP contribution in [0.25, 0.3) is 0 Å². The molecule has 1 aliphatic rings. The van der Waals surface area contributed by atoms with Crippen LogP contribution < -0.4 is 0 Å². The van der Waals surface area contributed by atoms with Crippen LogP contribution in [0.1, 0.15) is 10.4 Å². The standard InChI is InChI=1S/C9H8ClNO5S2/c1-11-6(8(13)16-2)7(12)4-3-5(10)17-9(4)18(11,14)15/h3,6H,1-2H3. The molecule has 1 aromatic rings.